The number of methoxy groups -OCH3 is 1. The second kappa shape index (κ2) is 11.8. The van der Waals surface area contributed by atoms with E-state index in [-0.39, 0.29) is 36.8 Å². The van der Waals surface area contributed by atoms with E-state index in [0.717, 1.165) is 25.9 Å². The lowest BCUT2D eigenvalue weighted by Gasteiger charge is -2.34. The number of hydrogen-bond acceptors (Lipinski definition) is 6. The van der Waals surface area contributed by atoms with Crippen LogP contribution in [0.5, 0.6) is 5.75 Å². The van der Waals surface area contributed by atoms with Gasteiger partial charge >= 0.3 is 5.97 Å². The smallest absolute Gasteiger partial charge is 0.328 e. The number of aliphatic hydroxyl groups is 1. The largest absolute Gasteiger partial charge is 0.490 e. The van der Waals surface area contributed by atoms with Gasteiger partial charge in [0.2, 0.25) is 0 Å². The van der Waals surface area contributed by atoms with Gasteiger partial charge in [-0.15, -0.1) is 0 Å². The predicted octanol–water partition coefficient (Wildman–Crippen LogP) is 4.08. The van der Waals surface area contributed by atoms with Gasteiger partial charge in [0, 0.05) is 19.5 Å². The Balaban J connectivity index is 1.56. The number of benzene rings is 2. The van der Waals surface area contributed by atoms with Crippen LogP contribution in [0.1, 0.15) is 43.5 Å². The van der Waals surface area contributed by atoms with E-state index in [1.54, 1.807) is 44.2 Å². The number of aliphatic hydroxyl groups excluding tert-OH is 1. The van der Waals surface area contributed by atoms with Crippen LogP contribution in [-0.2, 0) is 9.53 Å². The van der Waals surface area contributed by atoms with Gasteiger partial charge < -0.3 is 24.4 Å². The quantitative estimate of drug-likeness (QED) is 0.519. The lowest BCUT2D eigenvalue weighted by Crippen LogP contribution is -2.42. The van der Waals surface area contributed by atoms with Gasteiger partial charge in [0.1, 0.15) is 11.7 Å². The van der Waals surface area contributed by atoms with Crippen LogP contribution in [0, 0.1) is 11.7 Å². The van der Waals surface area contributed by atoms with E-state index in [1.807, 2.05) is 6.07 Å². The molecule has 2 saturated heterocycles. The Labute approximate surface area is 222 Å². The van der Waals surface area contributed by atoms with Crippen molar-refractivity contribution >= 4 is 11.9 Å². The molecule has 206 valence electrons. The monoisotopic (exact) mass is 530 g/mol. The number of piperidine rings is 1. The molecule has 0 spiro atoms. The standard InChI is InChI=1S/C29H36F2N2O5/c1-29(2,31)18-32-13-11-19(12-14-32)17-38-24-10-9-22(20-7-5-4-6-8-20)25(26(24)30)27(35)33-16-21(34)15-23(33)28(36)37-3/h4-10,19,21,23,34H,11-18H2,1-3H3/t21-,23+/m1/s1. The van der Waals surface area contributed by atoms with Gasteiger partial charge in [0.25, 0.3) is 5.91 Å². The topological polar surface area (TPSA) is 79.3 Å². The van der Waals surface area contributed by atoms with E-state index >= 15 is 4.39 Å². The third-order valence-corrected chi connectivity index (χ3v) is 7.20. The molecule has 38 heavy (non-hydrogen) atoms. The molecular weight excluding hydrogens is 494 g/mol. The first-order valence-corrected chi connectivity index (χ1v) is 13.1. The lowest BCUT2D eigenvalue weighted by molar-refractivity contribution is -0.145. The molecule has 0 saturated carbocycles. The summed E-state index contributed by atoms with van der Waals surface area (Å²) < 4.78 is 40.7. The molecule has 4 rings (SSSR count). The molecule has 0 bridgehead atoms. The normalized spacial score (nSPS) is 20.9. The van der Waals surface area contributed by atoms with Gasteiger partial charge in [0.15, 0.2) is 11.6 Å². The van der Waals surface area contributed by atoms with Gasteiger partial charge in [-0.3, -0.25) is 4.79 Å². The Kier molecular flexibility index (Phi) is 8.67. The molecule has 2 aliphatic heterocycles. The van der Waals surface area contributed by atoms with Crippen molar-refractivity contribution in [1.82, 2.24) is 9.80 Å². The average Bonchev–Trinajstić information content (AvgIpc) is 3.29. The Hall–Kier alpha value is -3.04. The molecule has 7 nitrogen and oxygen atoms in total. The van der Waals surface area contributed by atoms with Gasteiger partial charge in [-0.1, -0.05) is 30.3 Å². The molecule has 2 aromatic rings. The number of β-amino-alcohol motifs (C(OH)–C–C–N with tert-alkyl or cyclic N) is 1. The molecule has 2 atom stereocenters. The molecule has 0 aliphatic carbocycles. The molecular formula is C29H36F2N2O5. The Morgan fingerprint density at radius 2 is 1.79 bits per heavy atom. The number of nitrogens with zero attached hydrogens (tertiary/aromatic N) is 2. The fourth-order valence-electron chi connectivity index (χ4n) is 5.33. The van der Waals surface area contributed by atoms with Crippen molar-refractivity contribution in [2.75, 3.05) is 39.9 Å². The highest BCUT2D eigenvalue weighted by atomic mass is 19.1. The minimum atomic E-state index is -1.26. The molecule has 0 unspecified atom stereocenters. The molecule has 0 radical (unpaired) electrons. The zero-order chi connectivity index (χ0) is 27.4. The van der Waals surface area contributed by atoms with Crippen molar-refractivity contribution in [3.8, 4) is 16.9 Å². The van der Waals surface area contributed by atoms with Crippen LogP contribution in [0.4, 0.5) is 8.78 Å². The third kappa shape index (κ3) is 6.50. The maximum atomic E-state index is 16.0. The summed E-state index contributed by atoms with van der Waals surface area (Å²) >= 11 is 0. The molecule has 1 N–H and O–H groups in total. The van der Waals surface area contributed by atoms with E-state index in [4.69, 9.17) is 9.47 Å². The number of halogens is 2. The number of alkyl halides is 1. The first-order chi connectivity index (χ1) is 18.1. The molecule has 2 aliphatic rings. The lowest BCUT2D eigenvalue weighted by atomic mass is 9.96. The minimum Gasteiger partial charge on any atom is -0.490 e. The number of esters is 1. The molecule has 1 amide bonds. The van der Waals surface area contributed by atoms with Crippen LogP contribution in [-0.4, -0.2) is 84.5 Å². The van der Waals surface area contributed by atoms with Crippen molar-refractivity contribution in [3.63, 3.8) is 0 Å². The fourth-order valence-corrected chi connectivity index (χ4v) is 5.33. The van der Waals surface area contributed by atoms with Crippen molar-refractivity contribution in [2.45, 2.75) is 50.9 Å². The molecule has 0 aromatic heterocycles. The Morgan fingerprint density at radius 1 is 1.11 bits per heavy atom. The Bertz CT molecular complexity index is 1130. The Morgan fingerprint density at radius 3 is 2.42 bits per heavy atom. The fraction of sp³-hybridized carbons (Fsp3) is 0.517. The summed E-state index contributed by atoms with van der Waals surface area (Å²) in [6.07, 6.45) is 0.713. The first-order valence-electron chi connectivity index (χ1n) is 13.1. The maximum Gasteiger partial charge on any atom is 0.328 e. The van der Waals surface area contributed by atoms with E-state index in [2.05, 4.69) is 4.90 Å². The van der Waals surface area contributed by atoms with E-state index < -0.39 is 35.5 Å². The van der Waals surface area contributed by atoms with E-state index in [9.17, 15) is 19.1 Å². The van der Waals surface area contributed by atoms with E-state index in [1.165, 1.54) is 18.1 Å². The van der Waals surface area contributed by atoms with Crippen LogP contribution >= 0.6 is 0 Å². The van der Waals surface area contributed by atoms with Crippen LogP contribution in [0.25, 0.3) is 11.1 Å². The summed E-state index contributed by atoms with van der Waals surface area (Å²) in [5.74, 6) is -2.04. The van der Waals surface area contributed by atoms with Crippen molar-refractivity contribution in [1.29, 1.82) is 0 Å². The van der Waals surface area contributed by atoms with E-state index in [0.29, 0.717) is 17.7 Å². The number of amides is 1. The zero-order valence-electron chi connectivity index (χ0n) is 22.2. The highest BCUT2D eigenvalue weighted by Gasteiger charge is 2.41. The van der Waals surface area contributed by atoms with Crippen LogP contribution in [0.3, 0.4) is 0 Å². The summed E-state index contributed by atoms with van der Waals surface area (Å²) in [4.78, 5) is 29.3. The van der Waals surface area contributed by atoms with Gasteiger partial charge in [-0.25, -0.2) is 13.6 Å². The van der Waals surface area contributed by atoms with Crippen LogP contribution in [0.15, 0.2) is 42.5 Å². The molecule has 2 fully saturated rings. The SMILES string of the molecule is COC(=O)[C@@H]1C[C@@H](O)CN1C(=O)c1c(-c2ccccc2)ccc(OCC2CCN(CC(C)(C)F)CC2)c1F. The van der Waals surface area contributed by atoms with Crippen molar-refractivity contribution in [3.05, 3.63) is 53.8 Å². The highest BCUT2D eigenvalue weighted by molar-refractivity contribution is 6.03. The number of rotatable bonds is 8. The van der Waals surface area contributed by atoms with Gasteiger partial charge in [-0.2, -0.15) is 0 Å². The van der Waals surface area contributed by atoms with Crippen molar-refractivity contribution < 1.29 is 33.0 Å². The summed E-state index contributed by atoms with van der Waals surface area (Å²) in [7, 11) is 1.21. The average molecular weight is 531 g/mol. The second-order valence-electron chi connectivity index (χ2n) is 10.8. The number of likely N-dealkylation sites (tertiary alicyclic amines) is 2. The maximum absolute atomic E-state index is 16.0. The summed E-state index contributed by atoms with van der Waals surface area (Å²) in [5.41, 5.74) is -0.461. The molecule has 9 heteroatoms. The number of carbonyl (C=O) groups excluding carboxylic acids is 2. The first kappa shape index (κ1) is 28.0. The van der Waals surface area contributed by atoms with Crippen molar-refractivity contribution in [2.24, 2.45) is 5.92 Å². The predicted molar refractivity (Wildman–Crippen MR) is 139 cm³/mol. The second-order valence-corrected chi connectivity index (χ2v) is 10.8. The molecule has 2 heterocycles. The van der Waals surface area contributed by atoms with Gasteiger partial charge in [-0.05, 0) is 69.0 Å². The van der Waals surface area contributed by atoms with Crippen LogP contribution in [0.2, 0.25) is 0 Å². The van der Waals surface area contributed by atoms with Crippen LogP contribution < -0.4 is 4.74 Å². The summed E-state index contributed by atoms with van der Waals surface area (Å²) in [6, 6.07) is 11.1. The number of ether oxygens (including phenoxy) is 2. The minimum absolute atomic E-state index is 0.0230. The highest BCUT2D eigenvalue weighted by Crippen LogP contribution is 2.34. The summed E-state index contributed by atoms with van der Waals surface area (Å²) in [6.45, 7) is 5.16. The summed E-state index contributed by atoms with van der Waals surface area (Å²) in [5, 5.41) is 10.2. The molecule has 2 aromatic carbocycles. The third-order valence-electron chi connectivity index (χ3n) is 7.20. The zero-order valence-corrected chi connectivity index (χ0v) is 22.2. The van der Waals surface area contributed by atoms with Gasteiger partial charge in [0.05, 0.1) is 25.4 Å². The number of carbonyl (C=O) groups is 2. The number of hydrogen-bond donors (Lipinski definition) is 1.